The minimum Gasteiger partial charge on any atom is -0.352 e. The fraction of sp³-hybridized carbons (Fsp3) is 0.375. The number of amides is 1. The first-order valence-electron chi connectivity index (χ1n) is 6.85. The van der Waals surface area contributed by atoms with Gasteiger partial charge in [-0.05, 0) is 62.9 Å². The van der Waals surface area contributed by atoms with Gasteiger partial charge in [0.25, 0.3) is 5.91 Å². The second-order valence-corrected chi connectivity index (χ2v) is 5.22. The third-order valence-electron chi connectivity index (χ3n) is 3.71. The van der Waals surface area contributed by atoms with Crippen LogP contribution in [0.15, 0.2) is 18.2 Å². The first-order valence-corrected chi connectivity index (χ1v) is 6.85. The lowest BCUT2D eigenvalue weighted by Gasteiger charge is -2.07. The standard InChI is InChI=1S/C16H21N3O/c1-10-5-6-14(9-11(10)2)16(20)17-8-7-15-12(3)18-19-13(15)4/h5-6,9H,7-8H2,1-4H3,(H,17,20)(H,18,19). The smallest absolute Gasteiger partial charge is 0.251 e. The Labute approximate surface area is 119 Å². The lowest BCUT2D eigenvalue weighted by atomic mass is 10.1. The van der Waals surface area contributed by atoms with Gasteiger partial charge in [0.05, 0.1) is 5.69 Å². The van der Waals surface area contributed by atoms with E-state index in [1.807, 2.05) is 45.9 Å². The van der Waals surface area contributed by atoms with E-state index in [0.29, 0.717) is 12.1 Å². The van der Waals surface area contributed by atoms with E-state index < -0.39 is 0 Å². The van der Waals surface area contributed by atoms with E-state index in [9.17, 15) is 4.79 Å². The van der Waals surface area contributed by atoms with Gasteiger partial charge in [-0.15, -0.1) is 0 Å². The van der Waals surface area contributed by atoms with Gasteiger partial charge >= 0.3 is 0 Å². The summed E-state index contributed by atoms with van der Waals surface area (Å²) in [5.74, 6) is -0.0214. The van der Waals surface area contributed by atoms with E-state index in [2.05, 4.69) is 15.5 Å². The molecular formula is C16H21N3O. The molecule has 0 fully saturated rings. The first-order chi connectivity index (χ1) is 9.49. The van der Waals surface area contributed by atoms with Gasteiger partial charge in [-0.2, -0.15) is 5.10 Å². The van der Waals surface area contributed by atoms with Crippen LogP contribution in [-0.4, -0.2) is 22.6 Å². The van der Waals surface area contributed by atoms with Crippen LogP contribution in [0.5, 0.6) is 0 Å². The van der Waals surface area contributed by atoms with E-state index in [1.165, 1.54) is 11.1 Å². The highest BCUT2D eigenvalue weighted by atomic mass is 16.1. The molecule has 0 aliphatic heterocycles. The van der Waals surface area contributed by atoms with Crippen LogP contribution >= 0.6 is 0 Å². The van der Waals surface area contributed by atoms with Gasteiger partial charge in [0.2, 0.25) is 0 Å². The molecule has 2 aromatic rings. The van der Waals surface area contributed by atoms with Crippen molar-refractivity contribution in [2.24, 2.45) is 0 Å². The summed E-state index contributed by atoms with van der Waals surface area (Å²) < 4.78 is 0. The molecule has 0 saturated carbocycles. The molecule has 1 aromatic carbocycles. The van der Waals surface area contributed by atoms with Gasteiger partial charge in [0.1, 0.15) is 0 Å². The highest BCUT2D eigenvalue weighted by Crippen LogP contribution is 2.11. The molecule has 2 rings (SSSR count). The molecule has 106 valence electrons. The van der Waals surface area contributed by atoms with Crippen molar-refractivity contribution in [2.45, 2.75) is 34.1 Å². The van der Waals surface area contributed by atoms with Gasteiger partial charge in [0.15, 0.2) is 0 Å². The van der Waals surface area contributed by atoms with Gasteiger partial charge in [-0.25, -0.2) is 0 Å². The topological polar surface area (TPSA) is 57.8 Å². The summed E-state index contributed by atoms with van der Waals surface area (Å²) in [6.07, 6.45) is 0.796. The second kappa shape index (κ2) is 5.90. The Bertz CT molecular complexity index is 609. The molecule has 0 radical (unpaired) electrons. The second-order valence-electron chi connectivity index (χ2n) is 5.22. The van der Waals surface area contributed by atoms with Gasteiger partial charge in [-0.1, -0.05) is 6.07 Å². The van der Waals surface area contributed by atoms with Crippen LogP contribution in [0, 0.1) is 27.7 Å². The summed E-state index contributed by atoms with van der Waals surface area (Å²) in [5.41, 5.74) is 6.32. The maximum absolute atomic E-state index is 12.1. The van der Waals surface area contributed by atoms with Crippen LogP contribution in [0.3, 0.4) is 0 Å². The zero-order valence-corrected chi connectivity index (χ0v) is 12.5. The highest BCUT2D eigenvalue weighted by molar-refractivity contribution is 5.94. The molecular weight excluding hydrogens is 250 g/mol. The fourth-order valence-corrected chi connectivity index (χ4v) is 2.23. The average Bonchev–Trinajstić information content (AvgIpc) is 2.73. The van der Waals surface area contributed by atoms with Gasteiger partial charge in [-0.3, -0.25) is 9.89 Å². The van der Waals surface area contributed by atoms with Crippen LogP contribution in [-0.2, 0) is 6.42 Å². The third kappa shape index (κ3) is 3.07. The Kier molecular flexibility index (Phi) is 4.23. The Balaban J connectivity index is 1.94. The SMILES string of the molecule is Cc1ccc(C(=O)NCCc2c(C)n[nH]c2C)cc1C. The van der Waals surface area contributed by atoms with Crippen molar-refractivity contribution in [3.63, 3.8) is 0 Å². The number of carbonyl (C=O) groups excluding carboxylic acids is 1. The molecule has 1 amide bonds. The molecule has 0 aliphatic rings. The summed E-state index contributed by atoms with van der Waals surface area (Å²) in [7, 11) is 0. The number of hydrogen-bond acceptors (Lipinski definition) is 2. The lowest BCUT2D eigenvalue weighted by molar-refractivity contribution is 0.0954. The Morgan fingerprint density at radius 1 is 1.20 bits per heavy atom. The Morgan fingerprint density at radius 2 is 1.95 bits per heavy atom. The van der Waals surface area contributed by atoms with Gasteiger partial charge in [0, 0.05) is 17.8 Å². The molecule has 4 nitrogen and oxygen atoms in total. The van der Waals surface area contributed by atoms with Crippen molar-refractivity contribution in [3.8, 4) is 0 Å². The third-order valence-corrected chi connectivity index (χ3v) is 3.71. The van der Waals surface area contributed by atoms with Gasteiger partial charge < -0.3 is 5.32 Å². The summed E-state index contributed by atoms with van der Waals surface area (Å²) in [4.78, 5) is 12.1. The molecule has 0 aliphatic carbocycles. The minimum absolute atomic E-state index is 0.0214. The van der Waals surface area contributed by atoms with E-state index in [1.54, 1.807) is 0 Å². The summed E-state index contributed by atoms with van der Waals surface area (Å²) >= 11 is 0. The monoisotopic (exact) mass is 271 g/mol. The van der Waals surface area contributed by atoms with Crippen LogP contribution in [0.25, 0.3) is 0 Å². The molecule has 0 bridgehead atoms. The molecule has 0 unspecified atom stereocenters. The van der Waals surface area contributed by atoms with E-state index in [-0.39, 0.29) is 5.91 Å². The number of aryl methyl sites for hydroxylation is 4. The number of aromatic amines is 1. The molecule has 1 aromatic heterocycles. The van der Waals surface area contributed by atoms with E-state index in [0.717, 1.165) is 23.4 Å². The van der Waals surface area contributed by atoms with Crippen molar-refractivity contribution < 1.29 is 4.79 Å². The van der Waals surface area contributed by atoms with E-state index >= 15 is 0 Å². The largest absolute Gasteiger partial charge is 0.352 e. The minimum atomic E-state index is -0.0214. The Morgan fingerprint density at radius 3 is 2.55 bits per heavy atom. The number of aromatic nitrogens is 2. The maximum atomic E-state index is 12.1. The molecule has 0 atom stereocenters. The number of rotatable bonds is 4. The molecule has 0 spiro atoms. The number of hydrogen-bond donors (Lipinski definition) is 2. The number of benzene rings is 1. The molecule has 1 heterocycles. The summed E-state index contributed by atoms with van der Waals surface area (Å²) in [5, 5.41) is 10.1. The van der Waals surface area contributed by atoms with Crippen LogP contribution < -0.4 is 5.32 Å². The predicted molar refractivity (Wildman–Crippen MR) is 80.0 cm³/mol. The highest BCUT2D eigenvalue weighted by Gasteiger charge is 2.09. The summed E-state index contributed by atoms with van der Waals surface area (Å²) in [6.45, 7) is 8.66. The van der Waals surface area contributed by atoms with Crippen molar-refractivity contribution >= 4 is 5.91 Å². The quantitative estimate of drug-likeness (QED) is 0.898. The lowest BCUT2D eigenvalue weighted by Crippen LogP contribution is -2.26. The maximum Gasteiger partial charge on any atom is 0.251 e. The summed E-state index contributed by atoms with van der Waals surface area (Å²) in [6, 6.07) is 5.78. The zero-order valence-electron chi connectivity index (χ0n) is 12.5. The Hall–Kier alpha value is -2.10. The fourth-order valence-electron chi connectivity index (χ4n) is 2.23. The number of H-pyrrole nitrogens is 1. The molecule has 20 heavy (non-hydrogen) atoms. The number of carbonyl (C=O) groups is 1. The first kappa shape index (κ1) is 14.3. The van der Waals surface area contributed by atoms with Crippen molar-refractivity contribution in [2.75, 3.05) is 6.54 Å². The van der Waals surface area contributed by atoms with Crippen molar-refractivity contribution in [1.29, 1.82) is 0 Å². The number of nitrogens with one attached hydrogen (secondary N) is 2. The number of nitrogens with zero attached hydrogens (tertiary/aromatic N) is 1. The van der Waals surface area contributed by atoms with Crippen molar-refractivity contribution in [1.82, 2.24) is 15.5 Å². The van der Waals surface area contributed by atoms with Crippen LogP contribution in [0.2, 0.25) is 0 Å². The zero-order chi connectivity index (χ0) is 14.7. The van der Waals surface area contributed by atoms with Crippen LogP contribution in [0.1, 0.15) is 38.4 Å². The van der Waals surface area contributed by atoms with Crippen molar-refractivity contribution in [3.05, 3.63) is 51.8 Å². The normalized spacial score (nSPS) is 10.6. The molecule has 4 heteroatoms. The molecule has 0 saturated heterocycles. The van der Waals surface area contributed by atoms with Crippen LogP contribution in [0.4, 0.5) is 0 Å². The van der Waals surface area contributed by atoms with E-state index in [4.69, 9.17) is 0 Å². The average molecular weight is 271 g/mol. The predicted octanol–water partition coefficient (Wildman–Crippen LogP) is 2.62. The molecule has 2 N–H and O–H groups in total.